The first-order chi connectivity index (χ1) is 6.62. The average Bonchev–Trinajstić information content (AvgIpc) is 3.01. The van der Waals surface area contributed by atoms with Crippen LogP contribution in [0.4, 0.5) is 0 Å². The van der Waals surface area contributed by atoms with Gasteiger partial charge in [-0.25, -0.2) is 0 Å². The summed E-state index contributed by atoms with van der Waals surface area (Å²) in [6.45, 7) is 4.76. The minimum Gasteiger partial charge on any atom is -0.0939 e. The van der Waals surface area contributed by atoms with Gasteiger partial charge in [-0.1, -0.05) is 60.8 Å². The molecule has 14 heavy (non-hydrogen) atoms. The predicted molar refractivity (Wildman–Crippen MR) is 68.9 cm³/mol. The third-order valence-electron chi connectivity index (χ3n) is 3.06. The molecule has 0 heterocycles. The Balaban J connectivity index is 2.27. The zero-order valence-corrected chi connectivity index (χ0v) is 10.6. The maximum absolute atomic E-state index is 5.62. The Hall–Kier alpha value is -0.473. The molecule has 0 aliphatic heterocycles. The summed E-state index contributed by atoms with van der Waals surface area (Å²) in [6, 6.07) is 10.8. The SMILES string of the molecule is C[Si](C)(C(=S)C1CC1)c1ccccc1. The second kappa shape index (κ2) is 3.59. The normalized spacial score (nSPS) is 16.7. The van der Waals surface area contributed by atoms with Crippen LogP contribution in [0.25, 0.3) is 0 Å². The molecule has 2 rings (SSSR count). The standard InChI is InChI=1S/C12H16SSi/c1-14(2,12(13)10-8-9-10)11-6-4-3-5-7-11/h3-7,10H,8-9H2,1-2H3. The van der Waals surface area contributed by atoms with Crippen LogP contribution >= 0.6 is 12.2 Å². The van der Waals surface area contributed by atoms with Crippen molar-refractivity contribution in [3.63, 3.8) is 0 Å². The van der Waals surface area contributed by atoms with E-state index in [1.165, 1.54) is 22.5 Å². The number of rotatable bonds is 3. The second-order valence-electron chi connectivity index (χ2n) is 4.63. The molecule has 1 aliphatic rings. The molecule has 0 aromatic heterocycles. The lowest BCUT2D eigenvalue weighted by Gasteiger charge is -2.24. The lowest BCUT2D eigenvalue weighted by atomic mass is 10.4. The van der Waals surface area contributed by atoms with Gasteiger partial charge in [0, 0.05) is 0 Å². The van der Waals surface area contributed by atoms with Crippen LogP contribution in [0.2, 0.25) is 13.1 Å². The Morgan fingerprint density at radius 2 is 1.79 bits per heavy atom. The van der Waals surface area contributed by atoms with Crippen molar-refractivity contribution in [2.24, 2.45) is 5.92 Å². The molecule has 0 N–H and O–H groups in total. The Morgan fingerprint density at radius 3 is 2.29 bits per heavy atom. The molecule has 1 aromatic carbocycles. The highest BCUT2D eigenvalue weighted by Crippen LogP contribution is 2.34. The molecule has 0 atom stereocenters. The van der Waals surface area contributed by atoms with E-state index >= 15 is 0 Å². The van der Waals surface area contributed by atoms with E-state index in [9.17, 15) is 0 Å². The minimum absolute atomic E-state index is 0.770. The van der Waals surface area contributed by atoms with Crippen LogP contribution in [0.3, 0.4) is 0 Å². The van der Waals surface area contributed by atoms with E-state index in [4.69, 9.17) is 12.2 Å². The Bertz CT molecular complexity index is 339. The van der Waals surface area contributed by atoms with E-state index in [1.807, 2.05) is 0 Å². The van der Waals surface area contributed by atoms with Crippen molar-refractivity contribution in [3.8, 4) is 0 Å². The topological polar surface area (TPSA) is 0 Å². The third-order valence-corrected chi connectivity index (χ3v) is 8.34. The first-order valence-corrected chi connectivity index (χ1v) is 8.63. The van der Waals surface area contributed by atoms with E-state index in [0.717, 1.165) is 5.92 Å². The van der Waals surface area contributed by atoms with E-state index < -0.39 is 8.07 Å². The summed E-state index contributed by atoms with van der Waals surface area (Å²) >= 11 is 5.62. The lowest BCUT2D eigenvalue weighted by molar-refractivity contribution is 1.25. The number of thiocarbonyl (C=S) groups is 1. The first-order valence-electron chi connectivity index (χ1n) is 5.22. The van der Waals surface area contributed by atoms with E-state index in [0.29, 0.717) is 0 Å². The molecule has 2 heteroatoms. The van der Waals surface area contributed by atoms with Crippen molar-refractivity contribution in [2.75, 3.05) is 0 Å². The first kappa shape index (κ1) is 10.1. The molecule has 1 aromatic rings. The van der Waals surface area contributed by atoms with Gasteiger partial charge in [-0.3, -0.25) is 0 Å². The van der Waals surface area contributed by atoms with E-state index in [-0.39, 0.29) is 0 Å². The molecule has 74 valence electrons. The average molecular weight is 220 g/mol. The molecule has 0 spiro atoms. The molecule has 0 radical (unpaired) electrons. The molecule has 0 unspecified atom stereocenters. The molecule has 0 amide bonds. The molecule has 1 saturated carbocycles. The summed E-state index contributed by atoms with van der Waals surface area (Å²) in [6.07, 6.45) is 2.67. The van der Waals surface area contributed by atoms with Crippen molar-refractivity contribution < 1.29 is 0 Å². The number of benzene rings is 1. The highest BCUT2D eigenvalue weighted by molar-refractivity contribution is 7.85. The molecule has 1 aliphatic carbocycles. The fraction of sp³-hybridized carbons (Fsp3) is 0.417. The van der Waals surface area contributed by atoms with Crippen LogP contribution < -0.4 is 5.19 Å². The zero-order chi connectivity index (χ0) is 10.2. The Labute approximate surface area is 92.4 Å². The van der Waals surface area contributed by atoms with Gasteiger partial charge in [0.1, 0.15) is 8.07 Å². The molecular weight excluding hydrogens is 204 g/mol. The predicted octanol–water partition coefficient (Wildman–Crippen LogP) is 2.92. The fourth-order valence-corrected chi connectivity index (χ4v) is 5.06. The van der Waals surface area contributed by atoms with Gasteiger partial charge in [0.15, 0.2) is 0 Å². The monoisotopic (exact) mass is 220 g/mol. The molecule has 0 nitrogen and oxygen atoms in total. The number of hydrogen-bond donors (Lipinski definition) is 0. The highest BCUT2D eigenvalue weighted by atomic mass is 32.1. The quantitative estimate of drug-likeness (QED) is 0.557. The Morgan fingerprint density at radius 1 is 1.21 bits per heavy atom. The summed E-state index contributed by atoms with van der Waals surface area (Å²) in [4.78, 5) is 0. The highest BCUT2D eigenvalue weighted by Gasteiger charge is 2.38. The molecular formula is C12H16SSi. The van der Waals surface area contributed by atoms with Crippen molar-refractivity contribution in [1.29, 1.82) is 0 Å². The largest absolute Gasteiger partial charge is 0.121 e. The zero-order valence-electron chi connectivity index (χ0n) is 8.79. The lowest BCUT2D eigenvalue weighted by Crippen LogP contribution is -2.49. The van der Waals surface area contributed by atoms with Crippen LogP contribution in [-0.2, 0) is 0 Å². The van der Waals surface area contributed by atoms with Crippen LogP contribution in [0.1, 0.15) is 12.8 Å². The molecule has 0 saturated heterocycles. The van der Waals surface area contributed by atoms with Crippen LogP contribution in [0.5, 0.6) is 0 Å². The molecule has 1 fully saturated rings. The van der Waals surface area contributed by atoms with E-state index in [1.54, 1.807) is 0 Å². The molecule has 0 bridgehead atoms. The fourth-order valence-electron chi connectivity index (χ4n) is 1.85. The van der Waals surface area contributed by atoms with Crippen LogP contribution in [0.15, 0.2) is 30.3 Å². The van der Waals surface area contributed by atoms with E-state index in [2.05, 4.69) is 43.4 Å². The van der Waals surface area contributed by atoms with Crippen molar-refractivity contribution in [3.05, 3.63) is 30.3 Å². The summed E-state index contributed by atoms with van der Waals surface area (Å²) in [5.41, 5.74) is 0. The summed E-state index contributed by atoms with van der Waals surface area (Å²) in [5.74, 6) is 0.770. The smallest absolute Gasteiger partial charge is 0.0939 e. The summed E-state index contributed by atoms with van der Waals surface area (Å²) in [5, 5.41) is 1.48. The van der Waals surface area contributed by atoms with Gasteiger partial charge in [0.25, 0.3) is 0 Å². The van der Waals surface area contributed by atoms with Gasteiger partial charge < -0.3 is 0 Å². The van der Waals surface area contributed by atoms with Gasteiger partial charge >= 0.3 is 0 Å². The van der Waals surface area contributed by atoms with Gasteiger partial charge in [-0.05, 0) is 23.2 Å². The van der Waals surface area contributed by atoms with Crippen molar-refractivity contribution >= 4 is 30.0 Å². The summed E-state index contributed by atoms with van der Waals surface area (Å²) < 4.78 is 1.38. The third kappa shape index (κ3) is 1.82. The van der Waals surface area contributed by atoms with Crippen molar-refractivity contribution in [1.82, 2.24) is 0 Å². The Kier molecular flexibility index (Phi) is 2.58. The number of hydrogen-bond acceptors (Lipinski definition) is 1. The van der Waals surface area contributed by atoms with Gasteiger partial charge in [0.2, 0.25) is 0 Å². The maximum Gasteiger partial charge on any atom is 0.121 e. The maximum atomic E-state index is 5.62. The summed E-state index contributed by atoms with van der Waals surface area (Å²) in [7, 11) is -1.45. The van der Waals surface area contributed by atoms with Crippen molar-refractivity contribution in [2.45, 2.75) is 25.9 Å². The minimum atomic E-state index is -1.45. The van der Waals surface area contributed by atoms with Crippen LogP contribution in [-0.4, -0.2) is 12.6 Å². The van der Waals surface area contributed by atoms with Gasteiger partial charge in [0.05, 0.1) is 0 Å². The van der Waals surface area contributed by atoms with Gasteiger partial charge in [-0.2, -0.15) is 0 Å². The van der Waals surface area contributed by atoms with Gasteiger partial charge in [-0.15, -0.1) is 0 Å². The second-order valence-corrected chi connectivity index (χ2v) is 9.80. The van der Waals surface area contributed by atoms with Crippen LogP contribution in [0, 0.1) is 5.92 Å².